The zero-order valence-electron chi connectivity index (χ0n) is 16.7. The van der Waals surface area contributed by atoms with Gasteiger partial charge in [0, 0.05) is 25.3 Å². The lowest BCUT2D eigenvalue weighted by Gasteiger charge is -2.17. The molecular weight excluding hydrogens is 446 g/mol. The van der Waals surface area contributed by atoms with Crippen LogP contribution in [-0.4, -0.2) is 47.5 Å². The van der Waals surface area contributed by atoms with Crippen molar-refractivity contribution in [2.45, 2.75) is 17.5 Å². The number of alkyl halides is 2. The molecule has 1 aromatic heterocycles. The summed E-state index contributed by atoms with van der Waals surface area (Å²) in [7, 11) is 3.28. The van der Waals surface area contributed by atoms with Gasteiger partial charge in [-0.05, 0) is 29.8 Å². The summed E-state index contributed by atoms with van der Waals surface area (Å²) in [6.07, 6.45) is 0. The van der Waals surface area contributed by atoms with Crippen LogP contribution in [0.3, 0.4) is 0 Å². The van der Waals surface area contributed by atoms with Crippen molar-refractivity contribution in [3.05, 3.63) is 54.1 Å². The van der Waals surface area contributed by atoms with Crippen molar-refractivity contribution in [2.24, 2.45) is 0 Å². The highest BCUT2D eigenvalue weighted by molar-refractivity contribution is 8.01. The standard InChI is InChI=1S/C20H20F2N4O3S2/c1-26(11-13-6-8-15(9-7-13)29-18(21)22)17(27)12-30-20-25-24-19(31-20)23-14-4-3-5-16(10-14)28-2/h3-10,18H,11-12H2,1-2H3,(H,23,24). The Morgan fingerprint density at radius 3 is 2.68 bits per heavy atom. The molecule has 2 aromatic carbocycles. The summed E-state index contributed by atoms with van der Waals surface area (Å²) in [5.41, 5.74) is 1.64. The van der Waals surface area contributed by atoms with Crippen LogP contribution in [0, 0.1) is 0 Å². The second-order valence-electron chi connectivity index (χ2n) is 6.29. The molecule has 11 heteroatoms. The molecule has 1 N–H and O–H groups in total. The first-order valence-corrected chi connectivity index (χ1v) is 10.9. The van der Waals surface area contributed by atoms with Gasteiger partial charge in [-0.1, -0.05) is 41.3 Å². The van der Waals surface area contributed by atoms with Crippen molar-refractivity contribution in [2.75, 3.05) is 25.2 Å². The van der Waals surface area contributed by atoms with Gasteiger partial charge < -0.3 is 19.7 Å². The zero-order chi connectivity index (χ0) is 22.2. The maximum atomic E-state index is 12.4. The summed E-state index contributed by atoms with van der Waals surface area (Å²) in [5, 5.41) is 12.0. The smallest absolute Gasteiger partial charge is 0.387 e. The number of amides is 1. The van der Waals surface area contributed by atoms with E-state index in [0.717, 1.165) is 17.0 Å². The number of hydrogen-bond acceptors (Lipinski definition) is 8. The minimum absolute atomic E-state index is 0.0814. The van der Waals surface area contributed by atoms with E-state index in [1.807, 2.05) is 24.3 Å². The molecular formula is C20H20F2N4O3S2. The number of carbonyl (C=O) groups is 1. The Hall–Kier alpha value is -2.92. The number of thioether (sulfide) groups is 1. The Morgan fingerprint density at radius 1 is 1.19 bits per heavy atom. The van der Waals surface area contributed by atoms with Crippen LogP contribution in [0.15, 0.2) is 52.9 Å². The first-order chi connectivity index (χ1) is 14.9. The molecule has 164 valence electrons. The molecule has 0 aliphatic rings. The van der Waals surface area contributed by atoms with Crippen LogP contribution in [0.2, 0.25) is 0 Å². The Balaban J connectivity index is 1.47. The highest BCUT2D eigenvalue weighted by Crippen LogP contribution is 2.29. The van der Waals surface area contributed by atoms with Crippen molar-refractivity contribution in [1.29, 1.82) is 0 Å². The highest BCUT2D eigenvalue weighted by atomic mass is 32.2. The summed E-state index contributed by atoms with van der Waals surface area (Å²) in [5.74, 6) is 0.930. The van der Waals surface area contributed by atoms with Crippen LogP contribution in [0.5, 0.6) is 11.5 Å². The van der Waals surface area contributed by atoms with E-state index in [1.165, 1.54) is 35.2 Å². The highest BCUT2D eigenvalue weighted by Gasteiger charge is 2.13. The summed E-state index contributed by atoms with van der Waals surface area (Å²) < 4.78 is 34.6. The molecule has 0 aliphatic heterocycles. The third-order valence-electron chi connectivity index (χ3n) is 4.04. The Kier molecular flexibility index (Phi) is 8.01. The molecule has 1 heterocycles. The quantitative estimate of drug-likeness (QED) is 0.436. The number of benzene rings is 2. The van der Waals surface area contributed by atoms with Crippen LogP contribution >= 0.6 is 23.1 Å². The molecule has 3 aromatic rings. The maximum absolute atomic E-state index is 12.4. The molecule has 0 aliphatic carbocycles. The van der Waals surface area contributed by atoms with Gasteiger partial charge >= 0.3 is 6.61 Å². The molecule has 7 nitrogen and oxygen atoms in total. The number of nitrogens with zero attached hydrogens (tertiary/aromatic N) is 3. The zero-order valence-corrected chi connectivity index (χ0v) is 18.4. The van der Waals surface area contributed by atoms with Gasteiger partial charge in [-0.3, -0.25) is 4.79 Å². The molecule has 0 unspecified atom stereocenters. The number of nitrogens with one attached hydrogen (secondary N) is 1. The third-order valence-corrected chi connectivity index (χ3v) is 6.00. The molecule has 3 rings (SSSR count). The molecule has 1 amide bonds. The minimum Gasteiger partial charge on any atom is -0.497 e. The summed E-state index contributed by atoms with van der Waals surface area (Å²) >= 11 is 2.65. The van der Waals surface area contributed by atoms with E-state index in [2.05, 4.69) is 20.3 Å². The van der Waals surface area contributed by atoms with Crippen molar-refractivity contribution in [1.82, 2.24) is 15.1 Å². The lowest BCUT2D eigenvalue weighted by Crippen LogP contribution is -2.27. The van der Waals surface area contributed by atoms with Gasteiger partial charge in [-0.2, -0.15) is 8.78 Å². The van der Waals surface area contributed by atoms with Gasteiger partial charge in [0.2, 0.25) is 11.0 Å². The summed E-state index contributed by atoms with van der Waals surface area (Å²) in [6, 6.07) is 13.7. The monoisotopic (exact) mass is 466 g/mol. The largest absolute Gasteiger partial charge is 0.497 e. The number of methoxy groups -OCH3 is 1. The predicted molar refractivity (Wildman–Crippen MR) is 116 cm³/mol. The van der Waals surface area contributed by atoms with E-state index >= 15 is 0 Å². The van der Waals surface area contributed by atoms with Crippen LogP contribution in [0.4, 0.5) is 19.6 Å². The number of anilines is 2. The summed E-state index contributed by atoms with van der Waals surface area (Å²) in [6.45, 7) is -2.51. The SMILES string of the molecule is COc1cccc(Nc2nnc(SCC(=O)N(C)Cc3ccc(OC(F)F)cc3)s2)c1. The fourth-order valence-corrected chi connectivity index (χ4v) is 4.23. The molecule has 0 spiro atoms. The number of halogens is 2. The first kappa shape index (κ1) is 22.8. The van der Waals surface area contributed by atoms with E-state index < -0.39 is 6.61 Å². The normalized spacial score (nSPS) is 10.7. The van der Waals surface area contributed by atoms with Crippen molar-refractivity contribution < 1.29 is 23.0 Å². The third kappa shape index (κ3) is 7.07. The topological polar surface area (TPSA) is 76.6 Å². The van der Waals surface area contributed by atoms with Gasteiger partial charge in [-0.25, -0.2) is 0 Å². The van der Waals surface area contributed by atoms with Crippen LogP contribution < -0.4 is 14.8 Å². The maximum Gasteiger partial charge on any atom is 0.387 e. The van der Waals surface area contributed by atoms with E-state index in [4.69, 9.17) is 4.74 Å². The summed E-state index contributed by atoms with van der Waals surface area (Å²) in [4.78, 5) is 14.0. The van der Waals surface area contributed by atoms with Gasteiger partial charge in [0.15, 0.2) is 4.34 Å². The molecule has 0 saturated carbocycles. The fraction of sp³-hybridized carbons (Fsp3) is 0.250. The van der Waals surface area contributed by atoms with Crippen LogP contribution in [0.25, 0.3) is 0 Å². The average Bonchev–Trinajstić information content (AvgIpc) is 3.20. The lowest BCUT2D eigenvalue weighted by molar-refractivity contribution is -0.127. The number of carbonyl (C=O) groups excluding carboxylic acids is 1. The second-order valence-corrected chi connectivity index (χ2v) is 8.49. The van der Waals surface area contributed by atoms with Gasteiger partial charge in [0.25, 0.3) is 0 Å². The molecule has 0 saturated heterocycles. The van der Waals surface area contributed by atoms with E-state index in [1.54, 1.807) is 31.2 Å². The molecule has 0 atom stereocenters. The van der Waals surface area contributed by atoms with Crippen LogP contribution in [-0.2, 0) is 11.3 Å². The van der Waals surface area contributed by atoms with Gasteiger partial charge in [0.1, 0.15) is 11.5 Å². The van der Waals surface area contributed by atoms with E-state index in [9.17, 15) is 13.6 Å². The van der Waals surface area contributed by atoms with Crippen molar-refractivity contribution in [3.8, 4) is 11.5 Å². The second kappa shape index (κ2) is 10.9. The average molecular weight is 467 g/mol. The van der Waals surface area contributed by atoms with E-state index in [0.29, 0.717) is 16.0 Å². The number of rotatable bonds is 10. The Bertz CT molecular complexity index is 1000. The van der Waals surface area contributed by atoms with Gasteiger partial charge in [-0.15, -0.1) is 10.2 Å². The molecule has 31 heavy (non-hydrogen) atoms. The van der Waals surface area contributed by atoms with Crippen LogP contribution in [0.1, 0.15) is 5.56 Å². The lowest BCUT2D eigenvalue weighted by atomic mass is 10.2. The molecule has 0 radical (unpaired) electrons. The Labute approximate surface area is 186 Å². The van der Waals surface area contributed by atoms with Gasteiger partial charge in [0.05, 0.1) is 12.9 Å². The number of ether oxygens (including phenoxy) is 2. The minimum atomic E-state index is -2.86. The van der Waals surface area contributed by atoms with E-state index in [-0.39, 0.29) is 17.4 Å². The van der Waals surface area contributed by atoms with Crippen molar-refractivity contribution in [3.63, 3.8) is 0 Å². The molecule has 0 fully saturated rings. The first-order valence-electron chi connectivity index (χ1n) is 9.08. The fourth-order valence-electron chi connectivity index (χ4n) is 2.51. The Morgan fingerprint density at radius 2 is 1.97 bits per heavy atom. The number of hydrogen-bond donors (Lipinski definition) is 1. The van der Waals surface area contributed by atoms with Crippen molar-refractivity contribution >= 4 is 39.8 Å². The predicted octanol–water partition coefficient (Wildman–Crippen LogP) is 4.64. The molecule has 0 bridgehead atoms. The number of aromatic nitrogens is 2.